The third-order valence-corrected chi connectivity index (χ3v) is 4.29. The molecule has 0 bridgehead atoms. The van der Waals surface area contributed by atoms with Crippen molar-refractivity contribution < 1.29 is 9.47 Å². The minimum absolute atomic E-state index is 0.177. The molecule has 1 atom stereocenters. The zero-order valence-electron chi connectivity index (χ0n) is 11.9. The maximum atomic E-state index is 6.33. The van der Waals surface area contributed by atoms with Crippen molar-refractivity contribution in [2.75, 3.05) is 14.2 Å². The van der Waals surface area contributed by atoms with Gasteiger partial charge in [0.1, 0.15) is 16.0 Å². The van der Waals surface area contributed by atoms with Gasteiger partial charge in [-0.1, -0.05) is 23.7 Å². The first kappa shape index (κ1) is 16.1. The Labute approximate surface area is 138 Å². The van der Waals surface area contributed by atoms with Crippen LogP contribution in [0.5, 0.6) is 11.5 Å². The van der Waals surface area contributed by atoms with Crippen LogP contribution in [0.3, 0.4) is 0 Å². The summed E-state index contributed by atoms with van der Waals surface area (Å²) in [5.41, 5.74) is 8.38. The smallest absolute Gasteiger partial charge is 0.141 e. The van der Waals surface area contributed by atoms with E-state index in [4.69, 9.17) is 26.8 Å². The van der Waals surface area contributed by atoms with E-state index in [0.29, 0.717) is 17.9 Å². The molecule has 3 nitrogen and oxygen atoms in total. The van der Waals surface area contributed by atoms with Gasteiger partial charge in [0.25, 0.3) is 0 Å². The van der Waals surface area contributed by atoms with Gasteiger partial charge in [-0.05, 0) is 52.2 Å². The first-order chi connectivity index (χ1) is 10.1. The highest BCUT2D eigenvalue weighted by Crippen LogP contribution is 2.39. The van der Waals surface area contributed by atoms with Crippen molar-refractivity contribution in [3.05, 3.63) is 57.0 Å². The van der Waals surface area contributed by atoms with Crippen molar-refractivity contribution >= 4 is 27.5 Å². The average molecular weight is 371 g/mol. The molecule has 2 rings (SSSR count). The van der Waals surface area contributed by atoms with Gasteiger partial charge in [0.15, 0.2) is 0 Å². The Balaban J connectivity index is 2.28. The predicted molar refractivity (Wildman–Crippen MR) is 89.3 cm³/mol. The summed E-state index contributed by atoms with van der Waals surface area (Å²) in [4.78, 5) is 0. The third-order valence-electron chi connectivity index (χ3n) is 3.28. The zero-order chi connectivity index (χ0) is 15.4. The van der Waals surface area contributed by atoms with E-state index in [9.17, 15) is 0 Å². The van der Waals surface area contributed by atoms with Crippen LogP contribution in [-0.2, 0) is 6.42 Å². The lowest BCUT2D eigenvalue weighted by molar-refractivity contribution is 0.383. The molecule has 1 unspecified atom stereocenters. The van der Waals surface area contributed by atoms with Crippen LogP contribution in [0, 0.1) is 0 Å². The summed E-state index contributed by atoms with van der Waals surface area (Å²) in [6.45, 7) is 0. The molecule has 0 aliphatic rings. The van der Waals surface area contributed by atoms with Crippen molar-refractivity contribution in [3.8, 4) is 11.5 Å². The summed E-state index contributed by atoms with van der Waals surface area (Å²) >= 11 is 9.39. The fraction of sp³-hybridized carbons (Fsp3) is 0.250. The molecule has 21 heavy (non-hydrogen) atoms. The Morgan fingerprint density at radius 3 is 2.33 bits per heavy atom. The minimum atomic E-state index is -0.177. The van der Waals surface area contributed by atoms with Crippen LogP contribution in [0.2, 0.25) is 5.02 Å². The molecule has 0 aliphatic carbocycles. The highest BCUT2D eigenvalue weighted by molar-refractivity contribution is 9.10. The molecule has 0 radical (unpaired) electrons. The first-order valence-corrected chi connectivity index (χ1v) is 7.64. The third kappa shape index (κ3) is 3.70. The fourth-order valence-electron chi connectivity index (χ4n) is 2.19. The Bertz CT molecular complexity index is 616. The Morgan fingerprint density at radius 2 is 1.76 bits per heavy atom. The highest BCUT2D eigenvalue weighted by Gasteiger charge is 2.18. The molecule has 5 heteroatoms. The summed E-state index contributed by atoms with van der Waals surface area (Å²) in [5.74, 6) is 1.42. The number of methoxy groups -OCH3 is 2. The largest absolute Gasteiger partial charge is 0.495 e. The number of hydrogen-bond donors (Lipinski definition) is 1. The average Bonchev–Trinajstić information content (AvgIpc) is 2.49. The molecule has 0 aliphatic heterocycles. The van der Waals surface area contributed by atoms with Gasteiger partial charge in [-0.25, -0.2) is 0 Å². The lowest BCUT2D eigenvalue weighted by Crippen LogP contribution is -2.14. The molecule has 0 heterocycles. The highest BCUT2D eigenvalue weighted by atomic mass is 79.9. The van der Waals surface area contributed by atoms with E-state index < -0.39 is 0 Å². The van der Waals surface area contributed by atoms with Crippen molar-refractivity contribution in [1.29, 1.82) is 0 Å². The van der Waals surface area contributed by atoms with Gasteiger partial charge in [0, 0.05) is 16.6 Å². The second-order valence-corrected chi connectivity index (χ2v) is 5.87. The molecule has 0 saturated heterocycles. The number of halogens is 2. The first-order valence-electron chi connectivity index (χ1n) is 6.47. The van der Waals surface area contributed by atoms with Crippen LogP contribution >= 0.6 is 27.5 Å². The van der Waals surface area contributed by atoms with Crippen LogP contribution in [0.25, 0.3) is 0 Å². The molecular formula is C16H17BrClNO2. The Hall–Kier alpha value is -1.23. The van der Waals surface area contributed by atoms with E-state index in [1.807, 2.05) is 36.4 Å². The maximum Gasteiger partial charge on any atom is 0.141 e. The monoisotopic (exact) mass is 369 g/mol. The zero-order valence-corrected chi connectivity index (χ0v) is 14.2. The lowest BCUT2D eigenvalue weighted by atomic mass is 9.98. The molecule has 112 valence electrons. The number of rotatable bonds is 5. The van der Waals surface area contributed by atoms with Gasteiger partial charge < -0.3 is 15.2 Å². The van der Waals surface area contributed by atoms with Crippen molar-refractivity contribution in [2.45, 2.75) is 12.5 Å². The summed E-state index contributed by atoms with van der Waals surface area (Å²) < 4.78 is 11.5. The molecule has 2 N–H and O–H groups in total. The number of hydrogen-bond acceptors (Lipinski definition) is 3. The van der Waals surface area contributed by atoms with Crippen molar-refractivity contribution in [3.63, 3.8) is 0 Å². The topological polar surface area (TPSA) is 44.5 Å². The molecule has 0 saturated carbocycles. The van der Waals surface area contributed by atoms with E-state index in [1.165, 1.54) is 0 Å². The summed E-state index contributed by atoms with van der Waals surface area (Å²) in [7, 11) is 3.24. The molecule has 2 aromatic carbocycles. The standard InChI is InChI=1S/C16H17BrClNO2/c1-20-14-8-7-12(16(21-2)15(14)17)13(19)9-10-3-5-11(18)6-4-10/h3-8,13H,9,19H2,1-2H3. The van der Waals surface area contributed by atoms with E-state index in [2.05, 4.69) is 15.9 Å². The van der Waals surface area contributed by atoms with Gasteiger partial charge in [-0.3, -0.25) is 0 Å². The second-order valence-electron chi connectivity index (χ2n) is 4.64. The second kappa shape index (κ2) is 7.16. The maximum absolute atomic E-state index is 6.33. The van der Waals surface area contributed by atoms with E-state index in [-0.39, 0.29) is 6.04 Å². The van der Waals surface area contributed by atoms with Gasteiger partial charge in [-0.15, -0.1) is 0 Å². The SMILES string of the molecule is COc1ccc(C(N)Cc2ccc(Cl)cc2)c(OC)c1Br. The van der Waals surface area contributed by atoms with Crippen LogP contribution in [0.15, 0.2) is 40.9 Å². The van der Waals surface area contributed by atoms with Gasteiger partial charge >= 0.3 is 0 Å². The normalized spacial score (nSPS) is 12.0. The molecule has 0 amide bonds. The fourth-order valence-corrected chi connectivity index (χ4v) is 3.01. The molecular weight excluding hydrogens is 354 g/mol. The number of nitrogens with two attached hydrogens (primary N) is 1. The van der Waals surface area contributed by atoms with E-state index in [0.717, 1.165) is 20.6 Å². The summed E-state index contributed by atoms with van der Waals surface area (Å²) in [6, 6.07) is 11.3. The molecule has 0 aromatic heterocycles. The van der Waals surface area contributed by atoms with Gasteiger partial charge in [0.05, 0.1) is 14.2 Å². The summed E-state index contributed by atoms with van der Waals surface area (Å²) in [5, 5.41) is 0.720. The van der Waals surface area contributed by atoms with Crippen LogP contribution < -0.4 is 15.2 Å². The van der Waals surface area contributed by atoms with Gasteiger partial charge in [-0.2, -0.15) is 0 Å². The predicted octanol–water partition coefficient (Wildman–Crippen LogP) is 4.36. The lowest BCUT2D eigenvalue weighted by Gasteiger charge is -2.18. The number of benzene rings is 2. The Kier molecular flexibility index (Phi) is 5.51. The van der Waals surface area contributed by atoms with Crippen molar-refractivity contribution in [2.24, 2.45) is 5.73 Å². The molecule has 0 fully saturated rings. The minimum Gasteiger partial charge on any atom is -0.495 e. The van der Waals surface area contributed by atoms with E-state index >= 15 is 0 Å². The van der Waals surface area contributed by atoms with E-state index in [1.54, 1.807) is 14.2 Å². The van der Waals surface area contributed by atoms with Crippen molar-refractivity contribution in [1.82, 2.24) is 0 Å². The summed E-state index contributed by atoms with van der Waals surface area (Å²) in [6.07, 6.45) is 0.701. The molecule has 0 spiro atoms. The van der Waals surface area contributed by atoms with Crippen LogP contribution in [0.1, 0.15) is 17.2 Å². The van der Waals surface area contributed by atoms with Crippen LogP contribution in [0.4, 0.5) is 0 Å². The quantitative estimate of drug-likeness (QED) is 0.850. The number of ether oxygens (including phenoxy) is 2. The Morgan fingerprint density at radius 1 is 1.10 bits per heavy atom. The van der Waals surface area contributed by atoms with Gasteiger partial charge in [0.2, 0.25) is 0 Å². The molecule has 2 aromatic rings. The van der Waals surface area contributed by atoms with Crippen LogP contribution in [-0.4, -0.2) is 14.2 Å².